The van der Waals surface area contributed by atoms with Crippen LogP contribution in [-0.2, 0) is 19.1 Å². The van der Waals surface area contributed by atoms with Crippen molar-refractivity contribution < 1.29 is 29.0 Å². The second kappa shape index (κ2) is 10.4. The van der Waals surface area contributed by atoms with Crippen molar-refractivity contribution in [2.45, 2.75) is 19.9 Å². The zero-order valence-corrected chi connectivity index (χ0v) is 21.6. The number of hydrogen-bond donors (Lipinski definition) is 1. The predicted octanol–water partition coefficient (Wildman–Crippen LogP) is 2.49. The Labute approximate surface area is 220 Å². The van der Waals surface area contributed by atoms with Gasteiger partial charge in [-0.2, -0.15) is 0 Å². The Morgan fingerprint density at radius 3 is 2.50 bits per heavy atom. The van der Waals surface area contributed by atoms with E-state index in [1.165, 1.54) is 12.0 Å². The minimum Gasteiger partial charge on any atom is -0.505 e. The number of nitrogens with zero attached hydrogens (tertiary/aromatic N) is 4. The van der Waals surface area contributed by atoms with Crippen molar-refractivity contribution in [3.8, 4) is 0 Å². The van der Waals surface area contributed by atoms with E-state index in [4.69, 9.17) is 9.47 Å². The van der Waals surface area contributed by atoms with Crippen LogP contribution in [0.5, 0.6) is 0 Å². The summed E-state index contributed by atoms with van der Waals surface area (Å²) in [5, 5.41) is 11.6. The van der Waals surface area contributed by atoms with Crippen LogP contribution in [0.15, 0.2) is 48.2 Å². The number of esters is 1. The Morgan fingerprint density at radius 1 is 1.11 bits per heavy atom. The first-order valence-electron chi connectivity index (χ1n) is 12.5. The minimum atomic E-state index is -0.836. The Morgan fingerprint density at radius 2 is 1.82 bits per heavy atom. The van der Waals surface area contributed by atoms with Crippen LogP contribution in [0.1, 0.15) is 38.9 Å². The Balaban J connectivity index is 1.62. The summed E-state index contributed by atoms with van der Waals surface area (Å²) in [5.41, 5.74) is 3.41. The van der Waals surface area contributed by atoms with Gasteiger partial charge in [0.25, 0.3) is 11.7 Å². The molecule has 38 heavy (non-hydrogen) atoms. The number of fused-ring (bicyclic) bond motifs is 1. The van der Waals surface area contributed by atoms with Gasteiger partial charge in [0, 0.05) is 32.4 Å². The van der Waals surface area contributed by atoms with E-state index in [0.29, 0.717) is 47.9 Å². The lowest BCUT2D eigenvalue weighted by Crippen LogP contribution is -2.42. The molecule has 1 aromatic carbocycles. The second-order valence-corrected chi connectivity index (χ2v) is 9.49. The van der Waals surface area contributed by atoms with Gasteiger partial charge in [-0.05, 0) is 43.2 Å². The minimum absolute atomic E-state index is 0.00537. The van der Waals surface area contributed by atoms with E-state index in [0.717, 1.165) is 18.7 Å². The molecule has 4 heterocycles. The molecule has 0 radical (unpaired) electrons. The highest BCUT2D eigenvalue weighted by Gasteiger charge is 2.46. The van der Waals surface area contributed by atoms with Crippen molar-refractivity contribution in [1.82, 2.24) is 19.2 Å². The number of carbonyl (C=O) groups is 3. The lowest BCUT2D eigenvalue weighted by molar-refractivity contribution is -0.140. The summed E-state index contributed by atoms with van der Waals surface area (Å²) in [6.07, 6.45) is 1.77. The summed E-state index contributed by atoms with van der Waals surface area (Å²) >= 11 is 0. The van der Waals surface area contributed by atoms with Gasteiger partial charge in [-0.3, -0.25) is 18.9 Å². The molecular weight excluding hydrogens is 488 g/mol. The van der Waals surface area contributed by atoms with Crippen molar-refractivity contribution in [2.75, 3.05) is 46.5 Å². The van der Waals surface area contributed by atoms with E-state index in [9.17, 15) is 19.5 Å². The Hall–Kier alpha value is -4.02. The normalized spacial score (nSPS) is 19.9. The molecule has 1 amide bonds. The smallest absolute Gasteiger partial charge is 0.337 e. The van der Waals surface area contributed by atoms with E-state index in [2.05, 4.69) is 9.88 Å². The number of methoxy groups -OCH3 is 1. The van der Waals surface area contributed by atoms with Crippen LogP contribution < -0.4 is 0 Å². The number of aliphatic hydroxyl groups is 1. The molecule has 2 aliphatic rings. The first-order valence-corrected chi connectivity index (χ1v) is 12.5. The number of hydrogen-bond acceptors (Lipinski definition) is 8. The van der Waals surface area contributed by atoms with Gasteiger partial charge in [0.15, 0.2) is 5.76 Å². The zero-order valence-electron chi connectivity index (χ0n) is 21.6. The van der Waals surface area contributed by atoms with Gasteiger partial charge in [0.1, 0.15) is 11.3 Å². The van der Waals surface area contributed by atoms with Crippen molar-refractivity contribution >= 4 is 29.1 Å². The van der Waals surface area contributed by atoms with Crippen LogP contribution >= 0.6 is 0 Å². The van der Waals surface area contributed by atoms with Crippen LogP contribution in [-0.4, -0.2) is 88.5 Å². The summed E-state index contributed by atoms with van der Waals surface area (Å²) in [6.45, 7) is 7.23. The molecule has 10 heteroatoms. The van der Waals surface area contributed by atoms with Gasteiger partial charge >= 0.3 is 5.97 Å². The topological polar surface area (TPSA) is 114 Å². The molecular formula is C28H30N4O6. The van der Waals surface area contributed by atoms with Crippen molar-refractivity contribution in [2.24, 2.45) is 0 Å². The largest absolute Gasteiger partial charge is 0.505 e. The maximum absolute atomic E-state index is 13.5. The summed E-state index contributed by atoms with van der Waals surface area (Å²) in [6, 6.07) is 9.46. The molecule has 0 unspecified atom stereocenters. The molecule has 2 aliphatic heterocycles. The highest BCUT2D eigenvalue weighted by molar-refractivity contribution is 6.46. The number of rotatable bonds is 6. The third-order valence-electron chi connectivity index (χ3n) is 7.19. The highest BCUT2D eigenvalue weighted by Crippen LogP contribution is 2.40. The number of likely N-dealkylation sites (tertiary alicyclic amines) is 1. The molecule has 2 saturated heterocycles. The number of aromatic nitrogens is 2. The van der Waals surface area contributed by atoms with E-state index in [-0.39, 0.29) is 17.9 Å². The van der Waals surface area contributed by atoms with Gasteiger partial charge in [-0.25, -0.2) is 9.78 Å². The van der Waals surface area contributed by atoms with Crippen LogP contribution in [0.25, 0.3) is 11.4 Å². The molecule has 2 fully saturated rings. The van der Waals surface area contributed by atoms with Crippen LogP contribution in [0.4, 0.5) is 0 Å². The standard InChI is InChI=1S/C28H30N4O6/c1-17-5-4-10-31-22(18(2)29-26(17)31)24(33)21-23(19-6-8-20(9-7-19)28(36)37-3)32(27(35)25(21)34)12-11-30-13-15-38-16-14-30/h4-10,23,33H,11-16H2,1-3H3/b24-21+/t23-/m0/s1. The second-order valence-electron chi connectivity index (χ2n) is 9.49. The van der Waals surface area contributed by atoms with Crippen LogP contribution in [0.2, 0.25) is 0 Å². The van der Waals surface area contributed by atoms with Crippen LogP contribution in [0, 0.1) is 13.8 Å². The Bertz CT molecular complexity index is 1440. The van der Waals surface area contributed by atoms with E-state index in [1.54, 1.807) is 41.8 Å². The maximum atomic E-state index is 13.5. The number of pyridine rings is 1. The van der Waals surface area contributed by atoms with Crippen molar-refractivity contribution in [1.29, 1.82) is 0 Å². The number of aryl methyl sites for hydroxylation is 2. The van der Waals surface area contributed by atoms with Gasteiger partial charge < -0.3 is 19.5 Å². The number of imidazole rings is 1. The number of ether oxygens (including phenoxy) is 2. The number of carbonyl (C=O) groups excluding carboxylic acids is 3. The first kappa shape index (κ1) is 25.6. The zero-order chi connectivity index (χ0) is 27.0. The quantitative estimate of drug-likeness (QED) is 0.229. The molecule has 2 aromatic heterocycles. The number of benzene rings is 1. The molecule has 5 rings (SSSR count). The summed E-state index contributed by atoms with van der Waals surface area (Å²) in [4.78, 5) is 47.1. The molecule has 0 spiro atoms. The monoisotopic (exact) mass is 518 g/mol. The molecule has 0 aliphatic carbocycles. The number of morpholine rings is 1. The van der Waals surface area contributed by atoms with Gasteiger partial charge in [-0.15, -0.1) is 0 Å². The fourth-order valence-electron chi connectivity index (χ4n) is 5.18. The summed E-state index contributed by atoms with van der Waals surface area (Å²) in [5.74, 6) is -2.21. The van der Waals surface area contributed by atoms with E-state index >= 15 is 0 Å². The van der Waals surface area contributed by atoms with Gasteiger partial charge in [-0.1, -0.05) is 18.2 Å². The van der Waals surface area contributed by atoms with Gasteiger partial charge in [0.2, 0.25) is 0 Å². The first-order chi connectivity index (χ1) is 18.3. The highest BCUT2D eigenvalue weighted by atomic mass is 16.5. The molecule has 0 bridgehead atoms. The average molecular weight is 519 g/mol. The third-order valence-corrected chi connectivity index (χ3v) is 7.19. The lowest BCUT2D eigenvalue weighted by atomic mass is 9.95. The Kier molecular flexibility index (Phi) is 7.00. The average Bonchev–Trinajstić information content (AvgIpc) is 3.41. The van der Waals surface area contributed by atoms with E-state index < -0.39 is 23.7 Å². The van der Waals surface area contributed by atoms with Crippen molar-refractivity contribution in [3.05, 3.63) is 76.2 Å². The molecule has 1 atom stereocenters. The number of amides is 1. The summed E-state index contributed by atoms with van der Waals surface area (Å²) < 4.78 is 12.0. The third kappa shape index (κ3) is 4.46. The lowest BCUT2D eigenvalue weighted by Gasteiger charge is -2.31. The molecule has 3 aromatic rings. The van der Waals surface area contributed by atoms with E-state index in [1.807, 2.05) is 19.1 Å². The molecule has 10 nitrogen and oxygen atoms in total. The molecule has 198 valence electrons. The fraction of sp³-hybridized carbons (Fsp3) is 0.357. The molecule has 1 N–H and O–H groups in total. The number of Topliss-reactive ketones (excluding diaryl/α,β-unsaturated/α-hetero) is 1. The predicted molar refractivity (Wildman–Crippen MR) is 139 cm³/mol. The summed E-state index contributed by atoms with van der Waals surface area (Å²) in [7, 11) is 1.30. The SMILES string of the molecule is COC(=O)c1ccc([C@H]2/C(=C(\O)c3c(C)nc4c(C)cccn34)C(=O)C(=O)N2CCN2CCOCC2)cc1. The van der Waals surface area contributed by atoms with Crippen molar-refractivity contribution in [3.63, 3.8) is 0 Å². The number of ketones is 1. The fourth-order valence-corrected chi connectivity index (χ4v) is 5.18. The molecule has 0 saturated carbocycles. The van der Waals surface area contributed by atoms with Crippen LogP contribution in [0.3, 0.4) is 0 Å². The van der Waals surface area contributed by atoms with Gasteiger partial charge in [0.05, 0.1) is 43.2 Å². The number of aliphatic hydroxyl groups excluding tert-OH is 1. The maximum Gasteiger partial charge on any atom is 0.337 e.